The molecule has 290 valence electrons. The molecule has 0 aliphatic rings. The second kappa shape index (κ2) is 16.2. The third kappa shape index (κ3) is 6.79. The molecule has 0 spiro atoms. The fourth-order valence-electron chi connectivity index (χ4n) is 9.44. The van der Waals surface area contributed by atoms with Crippen LogP contribution >= 0.6 is 0 Å². The minimum atomic E-state index is 1.17. The van der Waals surface area contributed by atoms with E-state index in [0.717, 1.165) is 0 Å². The second-order valence-electron chi connectivity index (χ2n) is 16.0. The fourth-order valence-corrected chi connectivity index (χ4v) is 9.44. The van der Waals surface area contributed by atoms with Gasteiger partial charge in [0.05, 0.1) is 0 Å². The summed E-state index contributed by atoms with van der Waals surface area (Å²) in [4.78, 5) is 0. The number of rotatable bonds is 8. The molecule has 0 fully saturated rings. The Kier molecular flexibility index (Phi) is 9.65. The van der Waals surface area contributed by atoms with Crippen LogP contribution in [-0.2, 0) is 0 Å². The van der Waals surface area contributed by atoms with Crippen molar-refractivity contribution in [1.29, 1.82) is 0 Å². The zero-order valence-electron chi connectivity index (χ0n) is 34.2. The van der Waals surface area contributed by atoms with Gasteiger partial charge in [0.1, 0.15) is 0 Å². The first kappa shape index (κ1) is 37.0. The van der Waals surface area contributed by atoms with Crippen molar-refractivity contribution in [3.63, 3.8) is 0 Å². The molecular formula is C62H42. The molecule has 0 heterocycles. The Balaban J connectivity index is 1.18. The average molecular weight is 787 g/mol. The molecule has 0 heteroatoms. The highest BCUT2D eigenvalue weighted by Gasteiger charge is 2.22. The van der Waals surface area contributed by atoms with E-state index in [0.29, 0.717) is 0 Å². The lowest BCUT2D eigenvalue weighted by atomic mass is 9.81. The van der Waals surface area contributed by atoms with Crippen molar-refractivity contribution >= 4 is 21.5 Å². The zero-order chi connectivity index (χ0) is 41.2. The van der Waals surface area contributed by atoms with Crippen LogP contribution in [0.5, 0.6) is 0 Å². The summed E-state index contributed by atoms with van der Waals surface area (Å²) in [6.45, 7) is 0. The van der Waals surface area contributed by atoms with E-state index in [2.05, 4.69) is 255 Å². The molecule has 0 bridgehead atoms. The van der Waals surface area contributed by atoms with Crippen molar-refractivity contribution in [3.8, 4) is 89.0 Å². The van der Waals surface area contributed by atoms with Gasteiger partial charge >= 0.3 is 0 Å². The van der Waals surface area contributed by atoms with Gasteiger partial charge in [0.25, 0.3) is 0 Å². The van der Waals surface area contributed by atoms with Crippen LogP contribution in [0.25, 0.3) is 111 Å². The molecule has 11 aromatic rings. The van der Waals surface area contributed by atoms with E-state index in [1.807, 2.05) is 0 Å². The van der Waals surface area contributed by atoms with E-state index in [1.165, 1.54) is 111 Å². The Bertz CT molecular complexity index is 3320. The highest BCUT2D eigenvalue weighted by Crippen LogP contribution is 2.49. The Hall–Kier alpha value is -8.06. The molecular weight excluding hydrogens is 745 g/mol. The lowest BCUT2D eigenvalue weighted by Gasteiger charge is -2.22. The van der Waals surface area contributed by atoms with E-state index in [4.69, 9.17) is 0 Å². The van der Waals surface area contributed by atoms with Crippen molar-refractivity contribution in [3.05, 3.63) is 255 Å². The van der Waals surface area contributed by atoms with E-state index >= 15 is 0 Å². The summed E-state index contributed by atoms with van der Waals surface area (Å²) in [7, 11) is 0. The zero-order valence-corrected chi connectivity index (χ0v) is 34.2. The topological polar surface area (TPSA) is 0 Å². The van der Waals surface area contributed by atoms with Gasteiger partial charge in [0.2, 0.25) is 0 Å². The molecule has 0 saturated carbocycles. The third-order valence-electron chi connectivity index (χ3n) is 12.3. The molecule has 62 heavy (non-hydrogen) atoms. The molecule has 0 amide bonds. The SMILES string of the molecule is c1ccc(-c2cccc(-c3ccccc3-c3ccc(-c4ccccc4-c4cccc(-c5ccccc5)c4)c(-c4c5ccccc5c(-c5ccccc5)c5ccccc45)c3)c2)cc1. The maximum atomic E-state index is 2.46. The van der Waals surface area contributed by atoms with E-state index in [9.17, 15) is 0 Å². The van der Waals surface area contributed by atoms with Crippen molar-refractivity contribution < 1.29 is 0 Å². The van der Waals surface area contributed by atoms with Crippen molar-refractivity contribution in [2.75, 3.05) is 0 Å². The summed E-state index contributed by atoms with van der Waals surface area (Å²) < 4.78 is 0. The predicted molar refractivity (Wildman–Crippen MR) is 265 cm³/mol. The molecule has 11 rings (SSSR count). The molecule has 0 aromatic heterocycles. The van der Waals surface area contributed by atoms with Crippen LogP contribution < -0.4 is 0 Å². The first-order valence-electron chi connectivity index (χ1n) is 21.4. The average Bonchev–Trinajstić information content (AvgIpc) is 3.36. The summed E-state index contributed by atoms with van der Waals surface area (Å²) in [6.07, 6.45) is 0. The van der Waals surface area contributed by atoms with Crippen molar-refractivity contribution in [2.45, 2.75) is 0 Å². The summed E-state index contributed by atoms with van der Waals surface area (Å²) in [5.74, 6) is 0. The molecule has 0 nitrogen and oxygen atoms in total. The number of benzene rings is 11. The largest absolute Gasteiger partial charge is 0.0622 e. The molecule has 0 unspecified atom stereocenters. The molecule has 0 aliphatic carbocycles. The van der Waals surface area contributed by atoms with Crippen LogP contribution in [0, 0.1) is 0 Å². The summed E-state index contributed by atoms with van der Waals surface area (Å²) in [5, 5.41) is 4.95. The van der Waals surface area contributed by atoms with Gasteiger partial charge < -0.3 is 0 Å². The Labute approximate surface area is 363 Å². The van der Waals surface area contributed by atoms with Crippen LogP contribution in [0.4, 0.5) is 0 Å². The summed E-state index contributed by atoms with van der Waals surface area (Å²) in [5.41, 5.74) is 19.3. The highest BCUT2D eigenvalue weighted by molar-refractivity contribution is 6.22. The van der Waals surface area contributed by atoms with Gasteiger partial charge in [-0.3, -0.25) is 0 Å². The standard InChI is InChI=1S/C62H42/c1-4-20-43(21-5-1)46-26-18-28-48(40-46)51-30-10-11-31-52(51)50-38-39-55(54-33-13-12-32-53(54)49-29-19-27-47(41-49)44-22-6-2-7-23-44)60(42-50)62-58-36-16-14-34-56(58)61(45-24-8-3-9-25-45)57-35-15-17-37-59(57)62/h1-42H. The van der Waals surface area contributed by atoms with Gasteiger partial charge in [-0.25, -0.2) is 0 Å². The Morgan fingerprint density at radius 1 is 0.145 bits per heavy atom. The van der Waals surface area contributed by atoms with Gasteiger partial charge in [-0.15, -0.1) is 0 Å². The highest BCUT2D eigenvalue weighted by atomic mass is 14.2. The second-order valence-corrected chi connectivity index (χ2v) is 16.0. The van der Waals surface area contributed by atoms with Crippen molar-refractivity contribution in [2.24, 2.45) is 0 Å². The minimum Gasteiger partial charge on any atom is -0.0622 e. The van der Waals surface area contributed by atoms with Crippen molar-refractivity contribution in [1.82, 2.24) is 0 Å². The quantitative estimate of drug-likeness (QED) is 0.135. The Morgan fingerprint density at radius 2 is 0.468 bits per heavy atom. The number of fused-ring (bicyclic) bond motifs is 2. The molecule has 0 aliphatic heterocycles. The lowest BCUT2D eigenvalue weighted by molar-refractivity contribution is 1.55. The fraction of sp³-hybridized carbons (Fsp3) is 0. The van der Waals surface area contributed by atoms with Crippen LogP contribution in [0.3, 0.4) is 0 Å². The monoisotopic (exact) mass is 786 g/mol. The van der Waals surface area contributed by atoms with Crippen LogP contribution in [0.1, 0.15) is 0 Å². The number of hydrogen-bond donors (Lipinski definition) is 0. The van der Waals surface area contributed by atoms with Gasteiger partial charge in [0, 0.05) is 0 Å². The molecule has 0 saturated heterocycles. The summed E-state index contributed by atoms with van der Waals surface area (Å²) in [6, 6.07) is 93.1. The first-order valence-corrected chi connectivity index (χ1v) is 21.4. The molecule has 0 radical (unpaired) electrons. The smallest absolute Gasteiger partial charge is 0.00199 e. The Morgan fingerprint density at radius 3 is 0.952 bits per heavy atom. The minimum absolute atomic E-state index is 1.17. The molecule has 0 atom stereocenters. The third-order valence-corrected chi connectivity index (χ3v) is 12.3. The summed E-state index contributed by atoms with van der Waals surface area (Å²) >= 11 is 0. The van der Waals surface area contributed by atoms with E-state index < -0.39 is 0 Å². The lowest BCUT2D eigenvalue weighted by Crippen LogP contribution is -1.95. The normalized spacial score (nSPS) is 11.2. The van der Waals surface area contributed by atoms with Gasteiger partial charge in [-0.05, 0) is 129 Å². The molecule has 0 N–H and O–H groups in total. The number of hydrogen-bond acceptors (Lipinski definition) is 0. The van der Waals surface area contributed by atoms with E-state index in [-0.39, 0.29) is 0 Å². The van der Waals surface area contributed by atoms with Gasteiger partial charge in [-0.1, -0.05) is 237 Å². The van der Waals surface area contributed by atoms with Gasteiger partial charge in [-0.2, -0.15) is 0 Å². The maximum Gasteiger partial charge on any atom is -0.00199 e. The van der Waals surface area contributed by atoms with Crippen LogP contribution in [-0.4, -0.2) is 0 Å². The van der Waals surface area contributed by atoms with Gasteiger partial charge in [0.15, 0.2) is 0 Å². The first-order chi connectivity index (χ1) is 30.8. The molecule has 11 aromatic carbocycles. The predicted octanol–water partition coefficient (Wildman–Crippen LogP) is 17.3. The van der Waals surface area contributed by atoms with Crippen LogP contribution in [0.2, 0.25) is 0 Å². The van der Waals surface area contributed by atoms with Crippen LogP contribution in [0.15, 0.2) is 255 Å². The maximum absolute atomic E-state index is 2.46. The van der Waals surface area contributed by atoms with E-state index in [1.54, 1.807) is 0 Å².